The molecule has 1 N–H and O–H groups in total. The van der Waals surface area contributed by atoms with Crippen molar-refractivity contribution in [3.63, 3.8) is 0 Å². The van der Waals surface area contributed by atoms with E-state index in [9.17, 15) is 0 Å². The van der Waals surface area contributed by atoms with Gasteiger partial charge < -0.3 is 15.0 Å². The Labute approximate surface area is 141 Å². The van der Waals surface area contributed by atoms with Gasteiger partial charge in [0.05, 0.1) is 6.54 Å². The van der Waals surface area contributed by atoms with Gasteiger partial charge in [0, 0.05) is 17.8 Å². The molecule has 0 fully saturated rings. The molecular weight excluding hydrogens is 316 g/mol. The van der Waals surface area contributed by atoms with Gasteiger partial charge in [-0.1, -0.05) is 35.4 Å². The van der Waals surface area contributed by atoms with Crippen molar-refractivity contribution in [3.8, 4) is 5.75 Å². The summed E-state index contributed by atoms with van der Waals surface area (Å²) in [5, 5.41) is 4.54. The second kappa shape index (κ2) is 8.01. The van der Waals surface area contributed by atoms with E-state index < -0.39 is 0 Å². The van der Waals surface area contributed by atoms with Crippen LogP contribution in [0, 0.1) is 6.92 Å². The molecule has 0 aliphatic rings. The standard InChI is InChI=1S/C17H19ClN2OS/c1-13-6-8-15(9-7-13)19-17(22)20(2)10-11-21-16-5-3-4-14(18)12-16/h3-9,12H,10-11H2,1-2H3,(H,19,22). The molecule has 22 heavy (non-hydrogen) atoms. The van der Waals surface area contributed by atoms with Crippen molar-refractivity contribution in [2.45, 2.75) is 6.92 Å². The number of ether oxygens (including phenoxy) is 1. The highest BCUT2D eigenvalue weighted by Gasteiger charge is 2.05. The number of nitrogens with one attached hydrogen (secondary N) is 1. The van der Waals surface area contributed by atoms with Crippen LogP contribution in [-0.2, 0) is 0 Å². The average molecular weight is 335 g/mol. The maximum absolute atomic E-state index is 5.92. The van der Waals surface area contributed by atoms with E-state index in [1.807, 2.05) is 54.4 Å². The van der Waals surface area contributed by atoms with Gasteiger partial charge in [0.15, 0.2) is 5.11 Å². The molecular formula is C17H19ClN2OS. The molecule has 2 aromatic rings. The monoisotopic (exact) mass is 334 g/mol. The Bertz CT molecular complexity index is 631. The van der Waals surface area contributed by atoms with Crippen LogP contribution in [0.5, 0.6) is 5.75 Å². The lowest BCUT2D eigenvalue weighted by Gasteiger charge is -2.21. The smallest absolute Gasteiger partial charge is 0.173 e. The first kappa shape index (κ1) is 16.6. The number of rotatable bonds is 5. The summed E-state index contributed by atoms with van der Waals surface area (Å²) in [4.78, 5) is 1.94. The van der Waals surface area contributed by atoms with Gasteiger partial charge in [-0.2, -0.15) is 0 Å². The molecule has 0 heterocycles. The van der Waals surface area contributed by atoms with Crippen LogP contribution in [0.3, 0.4) is 0 Å². The lowest BCUT2D eigenvalue weighted by molar-refractivity contribution is 0.285. The Kier molecular flexibility index (Phi) is 6.04. The van der Waals surface area contributed by atoms with Gasteiger partial charge in [0.2, 0.25) is 0 Å². The maximum atomic E-state index is 5.92. The minimum absolute atomic E-state index is 0.534. The minimum Gasteiger partial charge on any atom is -0.492 e. The molecule has 0 saturated carbocycles. The van der Waals surface area contributed by atoms with E-state index in [2.05, 4.69) is 12.2 Å². The summed E-state index contributed by atoms with van der Waals surface area (Å²) in [5.41, 5.74) is 2.21. The number of hydrogen-bond donors (Lipinski definition) is 1. The number of halogens is 1. The zero-order valence-corrected chi connectivity index (χ0v) is 14.2. The molecule has 0 atom stereocenters. The fourth-order valence-electron chi connectivity index (χ4n) is 1.81. The van der Waals surface area contributed by atoms with Gasteiger partial charge in [-0.25, -0.2) is 0 Å². The van der Waals surface area contributed by atoms with E-state index in [-0.39, 0.29) is 0 Å². The lowest BCUT2D eigenvalue weighted by Crippen LogP contribution is -2.34. The van der Waals surface area contributed by atoms with Crippen molar-refractivity contribution in [2.75, 3.05) is 25.5 Å². The number of aryl methyl sites for hydroxylation is 1. The highest BCUT2D eigenvalue weighted by molar-refractivity contribution is 7.80. The summed E-state index contributed by atoms with van der Waals surface area (Å²) in [5.74, 6) is 0.762. The highest BCUT2D eigenvalue weighted by Crippen LogP contribution is 2.17. The lowest BCUT2D eigenvalue weighted by atomic mass is 10.2. The normalized spacial score (nSPS) is 10.1. The quantitative estimate of drug-likeness (QED) is 0.821. The van der Waals surface area contributed by atoms with Crippen molar-refractivity contribution in [2.24, 2.45) is 0 Å². The summed E-state index contributed by atoms with van der Waals surface area (Å²) in [6.07, 6.45) is 0. The third kappa shape index (κ3) is 5.20. The van der Waals surface area contributed by atoms with Crippen LogP contribution < -0.4 is 10.1 Å². The number of hydrogen-bond acceptors (Lipinski definition) is 2. The fraction of sp³-hybridized carbons (Fsp3) is 0.235. The number of nitrogens with zero attached hydrogens (tertiary/aromatic N) is 1. The Morgan fingerprint density at radius 3 is 2.64 bits per heavy atom. The average Bonchev–Trinajstić information content (AvgIpc) is 2.49. The summed E-state index contributed by atoms with van der Waals surface area (Å²) in [6, 6.07) is 15.5. The third-order valence-corrected chi connectivity index (χ3v) is 3.79. The van der Waals surface area contributed by atoms with Crippen LogP contribution in [0.25, 0.3) is 0 Å². The van der Waals surface area contributed by atoms with Gasteiger partial charge in [0.25, 0.3) is 0 Å². The van der Waals surface area contributed by atoms with Crippen molar-refractivity contribution in [1.29, 1.82) is 0 Å². The second-order valence-electron chi connectivity index (χ2n) is 5.02. The third-order valence-electron chi connectivity index (χ3n) is 3.14. The fourth-order valence-corrected chi connectivity index (χ4v) is 2.20. The van der Waals surface area contributed by atoms with Gasteiger partial charge in [-0.3, -0.25) is 0 Å². The van der Waals surface area contributed by atoms with E-state index in [4.69, 9.17) is 28.6 Å². The Hall–Kier alpha value is -1.78. The molecule has 0 aliphatic heterocycles. The van der Waals surface area contributed by atoms with Crippen LogP contribution in [0.4, 0.5) is 5.69 Å². The summed E-state index contributed by atoms with van der Waals surface area (Å²) < 4.78 is 5.66. The van der Waals surface area contributed by atoms with Crippen LogP contribution in [0.2, 0.25) is 5.02 Å². The number of likely N-dealkylation sites (N-methyl/N-ethyl adjacent to an activating group) is 1. The van der Waals surface area contributed by atoms with Crippen molar-refractivity contribution in [1.82, 2.24) is 4.90 Å². The van der Waals surface area contributed by atoms with E-state index in [0.717, 1.165) is 11.4 Å². The molecule has 116 valence electrons. The van der Waals surface area contributed by atoms with Crippen molar-refractivity contribution >= 4 is 34.6 Å². The molecule has 0 aliphatic carbocycles. The molecule has 0 bridgehead atoms. The predicted molar refractivity (Wildman–Crippen MR) is 97.0 cm³/mol. The predicted octanol–water partition coefficient (Wildman–Crippen LogP) is 4.36. The van der Waals surface area contributed by atoms with E-state index in [1.165, 1.54) is 5.56 Å². The number of benzene rings is 2. The first-order chi connectivity index (χ1) is 10.5. The van der Waals surface area contributed by atoms with Gasteiger partial charge in [-0.15, -0.1) is 0 Å². The first-order valence-electron chi connectivity index (χ1n) is 7.02. The molecule has 2 aromatic carbocycles. The van der Waals surface area contributed by atoms with Crippen LogP contribution >= 0.6 is 23.8 Å². The largest absolute Gasteiger partial charge is 0.492 e. The van der Waals surface area contributed by atoms with Crippen molar-refractivity contribution in [3.05, 3.63) is 59.1 Å². The molecule has 0 radical (unpaired) electrons. The Morgan fingerprint density at radius 2 is 1.95 bits per heavy atom. The summed E-state index contributed by atoms with van der Waals surface area (Å²) in [6.45, 7) is 3.28. The van der Waals surface area contributed by atoms with Gasteiger partial charge in [-0.05, 0) is 49.5 Å². The van der Waals surface area contributed by atoms with E-state index in [1.54, 1.807) is 6.07 Å². The summed E-state index contributed by atoms with van der Waals surface area (Å²) >= 11 is 11.3. The highest BCUT2D eigenvalue weighted by atomic mass is 35.5. The van der Waals surface area contributed by atoms with Crippen LogP contribution in [0.15, 0.2) is 48.5 Å². The molecule has 2 rings (SSSR count). The zero-order valence-electron chi connectivity index (χ0n) is 12.7. The topological polar surface area (TPSA) is 24.5 Å². The molecule has 0 saturated heterocycles. The molecule has 3 nitrogen and oxygen atoms in total. The SMILES string of the molecule is Cc1ccc(NC(=S)N(C)CCOc2cccc(Cl)c2)cc1. The van der Waals surface area contributed by atoms with Gasteiger partial charge >= 0.3 is 0 Å². The molecule has 0 unspecified atom stereocenters. The van der Waals surface area contributed by atoms with Crippen LogP contribution in [-0.4, -0.2) is 30.2 Å². The Morgan fingerprint density at radius 1 is 1.23 bits per heavy atom. The maximum Gasteiger partial charge on any atom is 0.173 e. The first-order valence-corrected chi connectivity index (χ1v) is 7.80. The Balaban J connectivity index is 1.77. The zero-order chi connectivity index (χ0) is 15.9. The number of anilines is 1. The molecule has 0 aromatic heterocycles. The van der Waals surface area contributed by atoms with Crippen LogP contribution in [0.1, 0.15) is 5.56 Å². The minimum atomic E-state index is 0.534. The van der Waals surface area contributed by atoms with Gasteiger partial charge in [0.1, 0.15) is 12.4 Å². The molecule has 5 heteroatoms. The summed E-state index contributed by atoms with van der Waals surface area (Å²) in [7, 11) is 1.94. The van der Waals surface area contributed by atoms with E-state index >= 15 is 0 Å². The molecule has 0 spiro atoms. The second-order valence-corrected chi connectivity index (χ2v) is 5.85. The molecule has 0 amide bonds. The van der Waals surface area contributed by atoms with Crippen molar-refractivity contribution < 1.29 is 4.74 Å². The number of thiocarbonyl (C=S) groups is 1. The van der Waals surface area contributed by atoms with E-state index in [0.29, 0.717) is 23.3 Å².